The molecule has 0 saturated carbocycles. The molecule has 3 atom stereocenters. The lowest BCUT2D eigenvalue weighted by Gasteiger charge is -2.33. The fourth-order valence-electron chi connectivity index (χ4n) is 2.19. The summed E-state index contributed by atoms with van der Waals surface area (Å²) >= 11 is 0. The molecule has 0 aliphatic carbocycles. The molecule has 3 nitrogen and oxygen atoms in total. The normalized spacial score (nSPS) is 24.7. The highest BCUT2D eigenvalue weighted by Crippen LogP contribution is 2.39. The second kappa shape index (κ2) is 4.96. The Morgan fingerprint density at radius 2 is 2.29 bits per heavy atom. The quantitative estimate of drug-likeness (QED) is 0.877. The van der Waals surface area contributed by atoms with Crippen molar-refractivity contribution in [3.8, 4) is 11.5 Å². The summed E-state index contributed by atoms with van der Waals surface area (Å²) in [5.41, 5.74) is 0.866. The van der Waals surface area contributed by atoms with Crippen molar-refractivity contribution in [2.45, 2.75) is 38.9 Å². The Labute approximate surface area is 102 Å². The van der Waals surface area contributed by atoms with Gasteiger partial charge in [-0.1, -0.05) is 20.3 Å². The minimum absolute atomic E-state index is 0.0922. The van der Waals surface area contributed by atoms with Crippen molar-refractivity contribution in [3.05, 3.63) is 23.8 Å². The van der Waals surface area contributed by atoms with Gasteiger partial charge in [-0.05, 0) is 18.1 Å². The van der Waals surface area contributed by atoms with Gasteiger partial charge in [-0.2, -0.15) is 0 Å². The highest BCUT2D eigenvalue weighted by atomic mass is 16.5. The summed E-state index contributed by atoms with van der Waals surface area (Å²) in [4.78, 5) is 0. The Morgan fingerprint density at radius 3 is 2.94 bits per heavy atom. The zero-order chi connectivity index (χ0) is 12.4. The van der Waals surface area contributed by atoms with E-state index in [1.807, 2.05) is 18.2 Å². The van der Waals surface area contributed by atoms with Gasteiger partial charge >= 0.3 is 0 Å². The van der Waals surface area contributed by atoms with E-state index in [1.165, 1.54) is 0 Å². The van der Waals surface area contributed by atoms with Gasteiger partial charge in [0.1, 0.15) is 17.6 Å². The lowest BCUT2D eigenvalue weighted by molar-refractivity contribution is 0.0373. The van der Waals surface area contributed by atoms with Gasteiger partial charge in [0.05, 0.1) is 13.2 Å². The Bertz CT molecular complexity index is 389. The van der Waals surface area contributed by atoms with E-state index in [4.69, 9.17) is 9.47 Å². The molecule has 2 unspecified atom stereocenters. The maximum atomic E-state index is 10.1. The molecule has 0 aromatic heterocycles. The molecular weight excluding hydrogens is 216 g/mol. The summed E-state index contributed by atoms with van der Waals surface area (Å²) in [6, 6.07) is 5.59. The average Bonchev–Trinajstić information content (AvgIpc) is 2.36. The third kappa shape index (κ3) is 2.39. The topological polar surface area (TPSA) is 38.7 Å². The average molecular weight is 236 g/mol. The van der Waals surface area contributed by atoms with Crippen molar-refractivity contribution in [2.75, 3.05) is 7.11 Å². The van der Waals surface area contributed by atoms with Crippen molar-refractivity contribution < 1.29 is 14.6 Å². The van der Waals surface area contributed by atoms with Crippen LogP contribution in [0.2, 0.25) is 0 Å². The van der Waals surface area contributed by atoms with E-state index in [-0.39, 0.29) is 6.10 Å². The molecule has 0 radical (unpaired) electrons. The van der Waals surface area contributed by atoms with Crippen molar-refractivity contribution in [2.24, 2.45) is 5.92 Å². The molecule has 3 heteroatoms. The molecule has 1 heterocycles. The van der Waals surface area contributed by atoms with Crippen LogP contribution in [0.4, 0.5) is 0 Å². The molecule has 0 spiro atoms. The van der Waals surface area contributed by atoms with E-state index in [9.17, 15) is 5.11 Å². The van der Waals surface area contributed by atoms with Crippen LogP contribution in [0.5, 0.6) is 11.5 Å². The van der Waals surface area contributed by atoms with Crippen molar-refractivity contribution in [3.63, 3.8) is 0 Å². The van der Waals surface area contributed by atoms with Crippen LogP contribution in [0.3, 0.4) is 0 Å². The van der Waals surface area contributed by atoms with E-state index in [0.29, 0.717) is 12.3 Å². The van der Waals surface area contributed by atoms with Crippen LogP contribution in [-0.4, -0.2) is 18.3 Å². The number of aliphatic hydroxyl groups excluding tert-OH is 1. The monoisotopic (exact) mass is 236 g/mol. The van der Waals surface area contributed by atoms with Crippen LogP contribution in [-0.2, 0) is 0 Å². The van der Waals surface area contributed by atoms with Crippen molar-refractivity contribution in [1.82, 2.24) is 0 Å². The smallest absolute Gasteiger partial charge is 0.129 e. The maximum absolute atomic E-state index is 10.1. The highest BCUT2D eigenvalue weighted by molar-refractivity contribution is 5.43. The Hall–Kier alpha value is -1.22. The van der Waals surface area contributed by atoms with Gasteiger partial charge in [-0.25, -0.2) is 0 Å². The van der Waals surface area contributed by atoms with Crippen LogP contribution >= 0.6 is 0 Å². The molecule has 0 bridgehead atoms. The molecule has 94 valence electrons. The zero-order valence-corrected chi connectivity index (χ0v) is 10.6. The minimum atomic E-state index is -0.427. The van der Waals surface area contributed by atoms with Gasteiger partial charge in [0.2, 0.25) is 0 Å². The van der Waals surface area contributed by atoms with Crippen LogP contribution in [0.25, 0.3) is 0 Å². The van der Waals surface area contributed by atoms with E-state index in [1.54, 1.807) is 7.11 Å². The highest BCUT2D eigenvalue weighted by Gasteiger charge is 2.29. The Morgan fingerprint density at radius 1 is 1.53 bits per heavy atom. The summed E-state index contributed by atoms with van der Waals surface area (Å²) < 4.78 is 11.1. The predicted octanol–water partition coefficient (Wildman–Crippen LogP) is 2.93. The maximum Gasteiger partial charge on any atom is 0.129 e. The van der Waals surface area contributed by atoms with E-state index in [2.05, 4.69) is 13.8 Å². The van der Waals surface area contributed by atoms with Gasteiger partial charge in [-0.3, -0.25) is 0 Å². The molecule has 0 amide bonds. The summed E-state index contributed by atoms with van der Waals surface area (Å²) in [6.07, 6.45) is 1.39. The summed E-state index contributed by atoms with van der Waals surface area (Å²) in [7, 11) is 1.63. The number of hydrogen-bond acceptors (Lipinski definition) is 3. The molecule has 1 aromatic carbocycles. The molecular formula is C14H20O3. The number of hydrogen-bond donors (Lipinski definition) is 1. The number of methoxy groups -OCH3 is 1. The second-order valence-electron chi connectivity index (χ2n) is 4.70. The molecule has 0 fully saturated rings. The van der Waals surface area contributed by atoms with Crippen LogP contribution < -0.4 is 9.47 Å². The first kappa shape index (κ1) is 12.2. The van der Waals surface area contributed by atoms with Gasteiger partial charge in [0.15, 0.2) is 0 Å². The molecule has 0 saturated heterocycles. The lowest BCUT2D eigenvalue weighted by Crippen LogP contribution is -2.31. The number of ether oxygens (including phenoxy) is 2. The molecule has 1 aromatic rings. The van der Waals surface area contributed by atoms with Crippen LogP contribution in [0.1, 0.15) is 38.4 Å². The van der Waals surface area contributed by atoms with Gasteiger partial charge < -0.3 is 14.6 Å². The number of fused-ring (bicyclic) bond motifs is 1. The molecule has 1 aliphatic rings. The fourth-order valence-corrected chi connectivity index (χ4v) is 2.19. The third-order valence-corrected chi connectivity index (χ3v) is 3.59. The van der Waals surface area contributed by atoms with E-state index < -0.39 is 6.10 Å². The Balaban J connectivity index is 2.27. The van der Waals surface area contributed by atoms with Gasteiger partial charge in [0.25, 0.3) is 0 Å². The van der Waals surface area contributed by atoms with Gasteiger partial charge in [-0.15, -0.1) is 0 Å². The third-order valence-electron chi connectivity index (χ3n) is 3.59. The van der Waals surface area contributed by atoms with Crippen LogP contribution in [0.15, 0.2) is 18.2 Å². The first-order chi connectivity index (χ1) is 8.15. The van der Waals surface area contributed by atoms with Crippen molar-refractivity contribution >= 4 is 0 Å². The van der Waals surface area contributed by atoms with Crippen molar-refractivity contribution in [1.29, 1.82) is 0 Å². The summed E-state index contributed by atoms with van der Waals surface area (Å²) in [5.74, 6) is 1.97. The summed E-state index contributed by atoms with van der Waals surface area (Å²) in [5, 5.41) is 10.1. The largest absolute Gasteiger partial charge is 0.497 e. The first-order valence-corrected chi connectivity index (χ1v) is 6.18. The number of benzene rings is 1. The predicted molar refractivity (Wildman–Crippen MR) is 66.4 cm³/mol. The molecule has 17 heavy (non-hydrogen) atoms. The summed E-state index contributed by atoms with van der Waals surface area (Å²) in [6.45, 7) is 4.30. The van der Waals surface area contributed by atoms with Crippen LogP contribution in [0, 0.1) is 5.92 Å². The molecule has 2 rings (SSSR count). The zero-order valence-electron chi connectivity index (χ0n) is 10.6. The SMILES string of the molecule is CCC(C)C1C[C@@H](O)c2ccc(OC)cc2O1. The van der Waals surface area contributed by atoms with E-state index in [0.717, 1.165) is 23.5 Å². The first-order valence-electron chi connectivity index (χ1n) is 6.18. The number of aliphatic hydroxyl groups is 1. The number of rotatable bonds is 3. The fraction of sp³-hybridized carbons (Fsp3) is 0.571. The van der Waals surface area contributed by atoms with E-state index >= 15 is 0 Å². The Kier molecular flexibility index (Phi) is 3.57. The molecule has 1 N–H and O–H groups in total. The van der Waals surface area contributed by atoms with Gasteiger partial charge in [0, 0.05) is 18.1 Å². The minimum Gasteiger partial charge on any atom is -0.497 e. The lowest BCUT2D eigenvalue weighted by atomic mass is 9.91. The standard InChI is InChI=1S/C14H20O3/c1-4-9(2)13-8-12(15)11-6-5-10(16-3)7-14(11)17-13/h5-7,9,12-13,15H,4,8H2,1-3H3/t9?,12-,13?/m1/s1. The molecule has 1 aliphatic heterocycles. The second-order valence-corrected chi connectivity index (χ2v) is 4.70.